The highest BCUT2D eigenvalue weighted by atomic mass is 35.5. The van der Waals surface area contributed by atoms with Gasteiger partial charge in [0, 0.05) is 30.4 Å². The van der Waals surface area contributed by atoms with E-state index in [0.717, 1.165) is 16.9 Å². The van der Waals surface area contributed by atoms with Crippen LogP contribution in [0.1, 0.15) is 23.3 Å². The predicted molar refractivity (Wildman–Crippen MR) is 97.0 cm³/mol. The molecule has 2 aromatic heterocycles. The Kier molecular flexibility index (Phi) is 5.86. The zero-order chi connectivity index (χ0) is 17.5. The zero-order valence-corrected chi connectivity index (χ0v) is 14.5. The Morgan fingerprint density at radius 3 is 2.56 bits per heavy atom. The fourth-order valence-electron chi connectivity index (χ4n) is 2.60. The maximum atomic E-state index is 12.8. The Bertz CT molecular complexity index is 786. The van der Waals surface area contributed by atoms with E-state index in [9.17, 15) is 4.79 Å². The maximum Gasteiger partial charge on any atom is 0.223 e. The van der Waals surface area contributed by atoms with Crippen LogP contribution in [0.5, 0.6) is 0 Å². The third kappa shape index (κ3) is 5.19. The van der Waals surface area contributed by atoms with Crippen LogP contribution in [0, 0.1) is 0 Å². The highest BCUT2D eigenvalue weighted by molar-refractivity contribution is 6.30. The summed E-state index contributed by atoms with van der Waals surface area (Å²) in [7, 11) is 0. The lowest BCUT2D eigenvalue weighted by molar-refractivity contribution is -0.132. The first-order chi connectivity index (χ1) is 12.2. The molecule has 0 aliphatic carbocycles. The van der Waals surface area contributed by atoms with Gasteiger partial charge in [-0.15, -0.1) is 0 Å². The highest BCUT2D eigenvalue weighted by Crippen LogP contribution is 2.15. The van der Waals surface area contributed by atoms with E-state index < -0.39 is 0 Å². The summed E-state index contributed by atoms with van der Waals surface area (Å²) >= 11 is 5.90. The molecule has 0 saturated carbocycles. The summed E-state index contributed by atoms with van der Waals surface area (Å²) in [5.41, 5.74) is 2.09. The molecule has 2 heterocycles. The number of pyridine rings is 1. The first kappa shape index (κ1) is 17.2. The number of aromatic nitrogens is 1. The molecule has 4 nitrogen and oxygen atoms in total. The second-order valence-corrected chi connectivity index (χ2v) is 6.25. The molecule has 0 atom stereocenters. The van der Waals surface area contributed by atoms with Crippen molar-refractivity contribution in [2.45, 2.75) is 25.9 Å². The SMILES string of the molecule is O=C(CCc1ccc(Cl)cc1)N(Cc1cccnc1)Cc1ccco1. The van der Waals surface area contributed by atoms with Crippen molar-refractivity contribution in [3.63, 3.8) is 0 Å². The van der Waals surface area contributed by atoms with Gasteiger partial charge in [-0.25, -0.2) is 0 Å². The summed E-state index contributed by atoms with van der Waals surface area (Å²) in [6.45, 7) is 0.954. The molecule has 0 fully saturated rings. The Balaban J connectivity index is 1.66. The fraction of sp³-hybridized carbons (Fsp3) is 0.200. The van der Waals surface area contributed by atoms with E-state index in [0.29, 0.717) is 31.0 Å². The first-order valence-electron chi connectivity index (χ1n) is 8.14. The molecule has 0 N–H and O–H groups in total. The normalized spacial score (nSPS) is 10.6. The number of hydrogen-bond acceptors (Lipinski definition) is 3. The molecule has 0 unspecified atom stereocenters. The van der Waals surface area contributed by atoms with Gasteiger partial charge in [-0.2, -0.15) is 0 Å². The number of amides is 1. The summed E-state index contributed by atoms with van der Waals surface area (Å²) in [6, 6.07) is 15.1. The second-order valence-electron chi connectivity index (χ2n) is 5.82. The van der Waals surface area contributed by atoms with Gasteiger partial charge in [0.2, 0.25) is 5.91 Å². The van der Waals surface area contributed by atoms with Crippen LogP contribution >= 0.6 is 11.6 Å². The Labute approximate surface area is 152 Å². The third-order valence-corrected chi connectivity index (χ3v) is 4.17. The zero-order valence-electron chi connectivity index (χ0n) is 13.8. The summed E-state index contributed by atoms with van der Waals surface area (Å²) < 4.78 is 5.40. The molecule has 0 radical (unpaired) electrons. The highest BCUT2D eigenvalue weighted by Gasteiger charge is 2.16. The van der Waals surface area contributed by atoms with Crippen molar-refractivity contribution in [1.29, 1.82) is 0 Å². The second kappa shape index (κ2) is 8.49. The van der Waals surface area contributed by atoms with Gasteiger partial charge in [0.1, 0.15) is 5.76 Å². The number of furan rings is 1. The van der Waals surface area contributed by atoms with Gasteiger partial charge >= 0.3 is 0 Å². The van der Waals surface area contributed by atoms with Crippen molar-refractivity contribution in [3.05, 3.63) is 89.1 Å². The Morgan fingerprint density at radius 1 is 1.04 bits per heavy atom. The molecular weight excluding hydrogens is 336 g/mol. The average Bonchev–Trinajstić information content (AvgIpc) is 3.14. The maximum absolute atomic E-state index is 12.8. The molecule has 0 spiro atoms. The van der Waals surface area contributed by atoms with Crippen LogP contribution in [0.4, 0.5) is 0 Å². The largest absolute Gasteiger partial charge is 0.467 e. The molecule has 0 saturated heterocycles. The summed E-state index contributed by atoms with van der Waals surface area (Å²) in [5, 5.41) is 0.700. The summed E-state index contributed by atoms with van der Waals surface area (Å²) in [6.07, 6.45) is 6.24. The molecule has 1 aromatic carbocycles. The van der Waals surface area contributed by atoms with Crippen molar-refractivity contribution in [2.75, 3.05) is 0 Å². The predicted octanol–water partition coefficient (Wildman–Crippen LogP) is 4.49. The average molecular weight is 355 g/mol. The van der Waals surface area contributed by atoms with Gasteiger partial charge in [0.05, 0.1) is 12.8 Å². The van der Waals surface area contributed by atoms with Gasteiger partial charge < -0.3 is 9.32 Å². The van der Waals surface area contributed by atoms with Crippen LogP contribution in [0.25, 0.3) is 0 Å². The van der Waals surface area contributed by atoms with Crippen LogP contribution in [0.3, 0.4) is 0 Å². The van der Waals surface area contributed by atoms with E-state index in [1.54, 1.807) is 23.6 Å². The van der Waals surface area contributed by atoms with Crippen LogP contribution in [-0.4, -0.2) is 15.8 Å². The lowest BCUT2D eigenvalue weighted by atomic mass is 10.1. The van der Waals surface area contributed by atoms with E-state index in [2.05, 4.69) is 4.98 Å². The molecule has 128 valence electrons. The van der Waals surface area contributed by atoms with Crippen molar-refractivity contribution < 1.29 is 9.21 Å². The minimum Gasteiger partial charge on any atom is -0.467 e. The smallest absolute Gasteiger partial charge is 0.223 e. The van der Waals surface area contributed by atoms with Crippen LogP contribution in [-0.2, 0) is 24.3 Å². The Hall–Kier alpha value is -2.59. The number of rotatable bonds is 7. The van der Waals surface area contributed by atoms with E-state index >= 15 is 0 Å². The number of aryl methyl sites for hydroxylation is 1. The van der Waals surface area contributed by atoms with Crippen molar-refractivity contribution in [2.24, 2.45) is 0 Å². The summed E-state index contributed by atoms with van der Waals surface area (Å²) in [5.74, 6) is 0.846. The first-order valence-corrected chi connectivity index (χ1v) is 8.52. The number of nitrogens with zero attached hydrogens (tertiary/aromatic N) is 2. The number of carbonyl (C=O) groups excluding carboxylic acids is 1. The van der Waals surface area contributed by atoms with Crippen molar-refractivity contribution in [1.82, 2.24) is 9.88 Å². The van der Waals surface area contributed by atoms with E-state index in [-0.39, 0.29) is 5.91 Å². The van der Waals surface area contributed by atoms with Gasteiger partial charge in [-0.1, -0.05) is 29.8 Å². The van der Waals surface area contributed by atoms with Gasteiger partial charge in [0.15, 0.2) is 0 Å². The minimum atomic E-state index is 0.0789. The number of benzene rings is 1. The molecule has 1 amide bonds. The molecule has 25 heavy (non-hydrogen) atoms. The number of carbonyl (C=O) groups is 1. The lowest BCUT2D eigenvalue weighted by Gasteiger charge is -2.22. The molecule has 5 heteroatoms. The van der Waals surface area contributed by atoms with Gasteiger partial charge in [0.25, 0.3) is 0 Å². The molecular formula is C20H19ClN2O2. The van der Waals surface area contributed by atoms with Crippen molar-refractivity contribution >= 4 is 17.5 Å². The number of halogens is 1. The molecule has 0 aliphatic rings. The van der Waals surface area contributed by atoms with Crippen LogP contribution < -0.4 is 0 Å². The number of hydrogen-bond donors (Lipinski definition) is 0. The van der Waals surface area contributed by atoms with E-state index in [1.807, 2.05) is 48.5 Å². The topological polar surface area (TPSA) is 46.3 Å². The van der Waals surface area contributed by atoms with Crippen LogP contribution in [0.15, 0.2) is 71.6 Å². The van der Waals surface area contributed by atoms with Gasteiger partial charge in [-0.3, -0.25) is 9.78 Å². The monoisotopic (exact) mass is 354 g/mol. The molecule has 0 bridgehead atoms. The van der Waals surface area contributed by atoms with E-state index in [4.69, 9.17) is 16.0 Å². The van der Waals surface area contributed by atoms with Crippen molar-refractivity contribution in [3.8, 4) is 0 Å². The fourth-order valence-corrected chi connectivity index (χ4v) is 2.72. The minimum absolute atomic E-state index is 0.0789. The lowest BCUT2D eigenvalue weighted by Crippen LogP contribution is -2.30. The molecule has 0 aliphatic heterocycles. The third-order valence-electron chi connectivity index (χ3n) is 3.92. The standard InChI is InChI=1S/C20H19ClN2O2/c21-18-8-5-16(6-9-18)7-10-20(24)23(15-19-4-2-12-25-19)14-17-3-1-11-22-13-17/h1-6,8-9,11-13H,7,10,14-15H2. The van der Waals surface area contributed by atoms with Crippen LogP contribution in [0.2, 0.25) is 5.02 Å². The molecule has 3 aromatic rings. The quantitative estimate of drug-likeness (QED) is 0.628. The van der Waals surface area contributed by atoms with Gasteiger partial charge in [-0.05, 0) is 47.9 Å². The Morgan fingerprint density at radius 2 is 1.88 bits per heavy atom. The summed E-state index contributed by atoms with van der Waals surface area (Å²) in [4.78, 5) is 18.7. The van der Waals surface area contributed by atoms with E-state index in [1.165, 1.54) is 0 Å². The molecule has 3 rings (SSSR count).